The summed E-state index contributed by atoms with van der Waals surface area (Å²) in [6, 6.07) is 1.84. The number of rotatable bonds is 5. The molecule has 4 heterocycles. The molecule has 1 fully saturated rings. The first-order valence-corrected chi connectivity index (χ1v) is 9.29. The summed E-state index contributed by atoms with van der Waals surface area (Å²) in [6.07, 6.45) is 8.02. The molecule has 4 rings (SSSR count). The van der Waals surface area contributed by atoms with Crippen LogP contribution in [0, 0.1) is 0 Å². The van der Waals surface area contributed by atoms with E-state index >= 15 is 0 Å². The van der Waals surface area contributed by atoms with Crippen LogP contribution in [0.2, 0.25) is 0 Å². The Kier molecular flexibility index (Phi) is 4.99. The predicted octanol–water partition coefficient (Wildman–Crippen LogP) is 2.05. The average molecular weight is 382 g/mol. The minimum atomic E-state index is -1.30. The van der Waals surface area contributed by atoms with Crippen LogP contribution in [0.4, 0.5) is 16.2 Å². The van der Waals surface area contributed by atoms with Crippen molar-refractivity contribution in [1.82, 2.24) is 30.2 Å². The number of hydrogen-bond acceptors (Lipinski definition) is 8. The number of hydrogen-bond donors (Lipinski definition) is 2. The van der Waals surface area contributed by atoms with Crippen LogP contribution in [-0.2, 0) is 0 Å². The molecule has 0 saturated carbocycles. The maximum Gasteiger partial charge on any atom is 0.224 e. The van der Waals surface area contributed by atoms with Crippen LogP contribution in [-0.4, -0.2) is 64.3 Å². The van der Waals surface area contributed by atoms with E-state index < -0.39 is 5.67 Å². The van der Waals surface area contributed by atoms with Crippen LogP contribution in [0.3, 0.4) is 0 Å². The Hall–Kier alpha value is -2.94. The summed E-state index contributed by atoms with van der Waals surface area (Å²) >= 11 is 0. The number of halogens is 1. The van der Waals surface area contributed by atoms with Crippen molar-refractivity contribution in [2.45, 2.75) is 18.5 Å². The summed E-state index contributed by atoms with van der Waals surface area (Å²) in [6.45, 7) is 1.36. The fraction of sp³-hybridized carbons (Fsp3) is 0.421. The van der Waals surface area contributed by atoms with Gasteiger partial charge in [-0.3, -0.25) is 4.98 Å². The Morgan fingerprint density at radius 3 is 2.68 bits per heavy atom. The largest absolute Gasteiger partial charge is 0.365 e. The van der Waals surface area contributed by atoms with Crippen LogP contribution < -0.4 is 15.5 Å². The van der Waals surface area contributed by atoms with Gasteiger partial charge in [-0.15, -0.1) is 0 Å². The maximum absolute atomic E-state index is 15.0. The van der Waals surface area contributed by atoms with E-state index in [-0.39, 0.29) is 6.54 Å². The van der Waals surface area contributed by atoms with E-state index in [1.54, 1.807) is 24.8 Å². The molecule has 1 aliphatic rings. The highest BCUT2D eigenvalue weighted by atomic mass is 19.1. The second kappa shape index (κ2) is 7.59. The number of nitrogens with one attached hydrogen (secondary N) is 2. The first-order valence-electron chi connectivity index (χ1n) is 9.29. The second-order valence-corrected chi connectivity index (χ2v) is 7.23. The lowest BCUT2D eigenvalue weighted by Gasteiger charge is -2.30. The topological polar surface area (TPSA) is 91.8 Å². The van der Waals surface area contributed by atoms with E-state index in [0.29, 0.717) is 41.5 Å². The Bertz CT molecular complexity index is 954. The molecule has 8 nitrogen and oxygen atoms in total. The quantitative estimate of drug-likeness (QED) is 0.693. The van der Waals surface area contributed by atoms with E-state index in [9.17, 15) is 4.39 Å². The number of nitrogens with zero attached hydrogens (tertiary/aromatic N) is 6. The summed E-state index contributed by atoms with van der Waals surface area (Å²) in [7, 11) is 3.77. The fourth-order valence-corrected chi connectivity index (χ4v) is 3.25. The van der Waals surface area contributed by atoms with Crippen LogP contribution in [0.1, 0.15) is 12.8 Å². The molecule has 0 bridgehead atoms. The van der Waals surface area contributed by atoms with E-state index in [1.165, 1.54) is 0 Å². The molecule has 0 radical (unpaired) electrons. The summed E-state index contributed by atoms with van der Waals surface area (Å²) in [5.74, 6) is 1.13. The standard InChI is InChI=1S/C19H23FN8/c1-28(2)18-24-9-13(10-25-18)14-8-15-16(23-7-6-22-15)17(27-14)26-12-19(20)4-3-5-21-11-19/h6-10,21H,3-5,11-12H2,1-2H3,(H,26,27). The summed E-state index contributed by atoms with van der Waals surface area (Å²) in [4.78, 5) is 23.9. The predicted molar refractivity (Wildman–Crippen MR) is 107 cm³/mol. The molecule has 1 saturated heterocycles. The highest BCUT2D eigenvalue weighted by Crippen LogP contribution is 2.27. The van der Waals surface area contributed by atoms with Gasteiger partial charge in [0, 0.05) is 51.0 Å². The molecule has 1 aliphatic heterocycles. The maximum atomic E-state index is 15.0. The smallest absolute Gasteiger partial charge is 0.224 e. The van der Waals surface area contributed by atoms with Gasteiger partial charge in [0.25, 0.3) is 0 Å². The van der Waals surface area contributed by atoms with Crippen molar-refractivity contribution in [1.29, 1.82) is 0 Å². The van der Waals surface area contributed by atoms with Crippen molar-refractivity contribution in [3.05, 3.63) is 30.9 Å². The molecule has 2 N–H and O–H groups in total. The van der Waals surface area contributed by atoms with Crippen molar-refractivity contribution in [2.24, 2.45) is 0 Å². The van der Waals surface area contributed by atoms with Gasteiger partial charge in [-0.2, -0.15) is 0 Å². The molecule has 28 heavy (non-hydrogen) atoms. The Labute approximate surface area is 162 Å². The van der Waals surface area contributed by atoms with E-state index in [1.807, 2.05) is 25.1 Å². The highest BCUT2D eigenvalue weighted by Gasteiger charge is 2.31. The zero-order valence-corrected chi connectivity index (χ0v) is 16.0. The minimum absolute atomic E-state index is 0.165. The third kappa shape index (κ3) is 3.84. The lowest BCUT2D eigenvalue weighted by Crippen LogP contribution is -2.46. The number of pyridine rings is 1. The van der Waals surface area contributed by atoms with Gasteiger partial charge in [-0.1, -0.05) is 0 Å². The van der Waals surface area contributed by atoms with Gasteiger partial charge < -0.3 is 15.5 Å². The van der Waals surface area contributed by atoms with Crippen molar-refractivity contribution in [3.8, 4) is 11.3 Å². The second-order valence-electron chi connectivity index (χ2n) is 7.23. The number of aromatic nitrogens is 5. The van der Waals surface area contributed by atoms with Crippen LogP contribution in [0.25, 0.3) is 22.3 Å². The van der Waals surface area contributed by atoms with E-state index in [0.717, 1.165) is 18.5 Å². The van der Waals surface area contributed by atoms with Gasteiger partial charge in [0.15, 0.2) is 5.82 Å². The summed E-state index contributed by atoms with van der Waals surface area (Å²) in [5.41, 5.74) is 1.41. The molecule has 146 valence electrons. The molecule has 0 amide bonds. The number of fused-ring (bicyclic) bond motifs is 1. The highest BCUT2D eigenvalue weighted by molar-refractivity contribution is 5.88. The van der Waals surface area contributed by atoms with Crippen LogP contribution in [0.15, 0.2) is 30.9 Å². The molecular formula is C19H23FN8. The van der Waals surface area contributed by atoms with Crippen molar-refractivity contribution < 1.29 is 4.39 Å². The summed E-state index contributed by atoms with van der Waals surface area (Å²) < 4.78 is 15.0. The van der Waals surface area contributed by atoms with Crippen LogP contribution >= 0.6 is 0 Å². The number of alkyl halides is 1. The fourth-order valence-electron chi connectivity index (χ4n) is 3.25. The SMILES string of the molecule is CN(C)c1ncc(-c2cc3nccnc3c(NCC3(F)CCCNC3)n2)cn1. The lowest BCUT2D eigenvalue weighted by atomic mass is 9.96. The third-order valence-electron chi connectivity index (χ3n) is 4.78. The lowest BCUT2D eigenvalue weighted by molar-refractivity contribution is 0.137. The molecule has 9 heteroatoms. The molecule has 3 aromatic heterocycles. The molecule has 3 aromatic rings. The van der Waals surface area contributed by atoms with Gasteiger partial charge in [0.1, 0.15) is 11.2 Å². The van der Waals surface area contributed by atoms with E-state index in [2.05, 4.69) is 35.6 Å². The summed E-state index contributed by atoms with van der Waals surface area (Å²) in [5, 5.41) is 6.28. The van der Waals surface area contributed by atoms with Crippen LogP contribution in [0.5, 0.6) is 0 Å². The van der Waals surface area contributed by atoms with E-state index in [4.69, 9.17) is 0 Å². The zero-order valence-electron chi connectivity index (χ0n) is 16.0. The molecule has 0 aromatic carbocycles. The van der Waals surface area contributed by atoms with Gasteiger partial charge in [-0.05, 0) is 25.5 Å². The molecule has 1 unspecified atom stereocenters. The first kappa shape index (κ1) is 18.4. The number of piperidine rings is 1. The number of anilines is 2. The molecule has 0 aliphatic carbocycles. The van der Waals surface area contributed by atoms with Gasteiger partial charge in [-0.25, -0.2) is 24.3 Å². The Morgan fingerprint density at radius 2 is 1.96 bits per heavy atom. The Balaban J connectivity index is 1.67. The molecule has 1 atom stereocenters. The van der Waals surface area contributed by atoms with Gasteiger partial charge in [0.05, 0.1) is 17.8 Å². The molecule has 0 spiro atoms. The average Bonchev–Trinajstić information content (AvgIpc) is 2.72. The first-order chi connectivity index (χ1) is 13.5. The molecular weight excluding hydrogens is 359 g/mol. The van der Waals surface area contributed by atoms with Crippen molar-refractivity contribution in [3.63, 3.8) is 0 Å². The van der Waals surface area contributed by atoms with Crippen molar-refractivity contribution in [2.75, 3.05) is 43.9 Å². The Morgan fingerprint density at radius 1 is 1.18 bits per heavy atom. The zero-order chi connectivity index (χ0) is 19.6. The third-order valence-corrected chi connectivity index (χ3v) is 4.78. The van der Waals surface area contributed by atoms with Crippen molar-refractivity contribution >= 4 is 22.8 Å². The normalized spacial score (nSPS) is 19.5. The van der Waals surface area contributed by atoms with Gasteiger partial charge in [0.2, 0.25) is 5.95 Å². The monoisotopic (exact) mass is 382 g/mol. The minimum Gasteiger partial charge on any atom is -0.365 e. The van der Waals surface area contributed by atoms with Gasteiger partial charge >= 0.3 is 0 Å².